The molecule has 0 bridgehead atoms. The number of amides is 2. The summed E-state index contributed by atoms with van der Waals surface area (Å²) in [5.41, 5.74) is 2.19. The van der Waals surface area contributed by atoms with Crippen LogP contribution in [0.5, 0.6) is 0 Å². The summed E-state index contributed by atoms with van der Waals surface area (Å²) < 4.78 is 4.64. The molecular weight excluding hydrogens is 697 g/mol. The van der Waals surface area contributed by atoms with Crippen molar-refractivity contribution in [1.29, 1.82) is 0 Å². The molecule has 2 aromatic carbocycles. The normalized spacial score (nSPS) is 17.6. The van der Waals surface area contributed by atoms with Crippen molar-refractivity contribution < 1.29 is 38.9 Å². The van der Waals surface area contributed by atoms with Gasteiger partial charge in [-0.05, 0) is 88.2 Å². The highest BCUT2D eigenvalue weighted by atomic mass is 16.5. The number of carboxylic acid groups (broad SMARTS) is 1. The molecule has 0 radical (unpaired) electrons. The maximum Gasteiger partial charge on any atom is 0.305 e. The zero-order chi connectivity index (χ0) is 39.7. The number of methoxy groups -OCH3 is 1. The van der Waals surface area contributed by atoms with E-state index in [-0.39, 0.29) is 48.2 Å². The van der Waals surface area contributed by atoms with Crippen LogP contribution in [-0.4, -0.2) is 87.9 Å². The van der Waals surface area contributed by atoms with E-state index in [1.165, 1.54) is 7.11 Å². The molecule has 10 heteroatoms. The Morgan fingerprint density at radius 2 is 1.20 bits per heavy atom. The quantitative estimate of drug-likeness (QED) is 0.0814. The van der Waals surface area contributed by atoms with Crippen molar-refractivity contribution in [3.05, 3.63) is 71.8 Å². The Hall–Kier alpha value is -4.05. The van der Waals surface area contributed by atoms with Crippen molar-refractivity contribution in [3.63, 3.8) is 0 Å². The Morgan fingerprint density at radius 1 is 0.691 bits per heavy atom. The second-order valence-corrected chi connectivity index (χ2v) is 15.2. The minimum Gasteiger partial charge on any atom is -0.481 e. The smallest absolute Gasteiger partial charge is 0.305 e. The van der Waals surface area contributed by atoms with E-state index in [9.17, 15) is 29.1 Å². The van der Waals surface area contributed by atoms with Gasteiger partial charge in [0.2, 0.25) is 11.8 Å². The van der Waals surface area contributed by atoms with Gasteiger partial charge in [-0.25, -0.2) is 0 Å². The SMILES string of the molecule is COC(=O)CCCCCCN1C(=O)CCCC1CCC(=O)Cc1ccccc1.O=C(O)CCCCCCN1C(=O)CCCC1CCC(O)Cc1ccccc1. The molecule has 2 saturated heterocycles. The number of aliphatic hydroxyl groups excluding tert-OH is 1. The van der Waals surface area contributed by atoms with E-state index < -0.39 is 5.97 Å². The van der Waals surface area contributed by atoms with Crippen molar-refractivity contribution in [1.82, 2.24) is 9.80 Å². The van der Waals surface area contributed by atoms with E-state index in [0.717, 1.165) is 108 Å². The van der Waals surface area contributed by atoms with Gasteiger partial charge in [0.05, 0.1) is 13.2 Å². The largest absolute Gasteiger partial charge is 0.481 e. The number of piperidine rings is 2. The number of nitrogens with zero attached hydrogens (tertiary/aromatic N) is 2. The Balaban J connectivity index is 0.000000296. The van der Waals surface area contributed by atoms with Crippen LogP contribution in [0.25, 0.3) is 0 Å². The Morgan fingerprint density at radius 3 is 1.75 bits per heavy atom. The third-order valence-electron chi connectivity index (χ3n) is 10.8. The lowest BCUT2D eigenvalue weighted by Gasteiger charge is -2.36. The average Bonchev–Trinajstić information content (AvgIpc) is 3.18. The van der Waals surface area contributed by atoms with Gasteiger partial charge in [-0.2, -0.15) is 0 Å². The molecule has 0 aliphatic carbocycles. The molecular formula is C45H66N2O8. The zero-order valence-electron chi connectivity index (χ0n) is 33.2. The number of Topliss-reactive ketones (excluding diaryl/α,β-unsaturated/α-hetero) is 1. The van der Waals surface area contributed by atoms with Gasteiger partial charge < -0.3 is 24.7 Å². The summed E-state index contributed by atoms with van der Waals surface area (Å²) in [6.45, 7) is 1.51. The lowest BCUT2D eigenvalue weighted by atomic mass is 9.94. The fourth-order valence-corrected chi connectivity index (χ4v) is 7.73. The third kappa shape index (κ3) is 18.9. The third-order valence-corrected chi connectivity index (χ3v) is 10.8. The molecule has 4 rings (SSSR count). The molecule has 2 aliphatic heterocycles. The number of carbonyl (C=O) groups is 5. The van der Waals surface area contributed by atoms with Crippen LogP contribution in [0.15, 0.2) is 60.7 Å². The van der Waals surface area contributed by atoms with Crippen LogP contribution in [0.1, 0.15) is 140 Å². The summed E-state index contributed by atoms with van der Waals surface area (Å²) in [5.74, 6) is -0.204. The van der Waals surface area contributed by atoms with E-state index in [1.54, 1.807) is 0 Å². The summed E-state index contributed by atoms with van der Waals surface area (Å²) in [7, 11) is 1.41. The van der Waals surface area contributed by atoms with Crippen molar-refractivity contribution >= 4 is 29.5 Å². The van der Waals surface area contributed by atoms with Gasteiger partial charge in [0.25, 0.3) is 0 Å². The highest BCUT2D eigenvalue weighted by molar-refractivity contribution is 5.81. The van der Waals surface area contributed by atoms with Crippen LogP contribution >= 0.6 is 0 Å². The maximum absolute atomic E-state index is 12.4. The van der Waals surface area contributed by atoms with Crippen molar-refractivity contribution in [2.75, 3.05) is 20.2 Å². The molecule has 304 valence electrons. The number of hydrogen-bond acceptors (Lipinski definition) is 7. The summed E-state index contributed by atoms with van der Waals surface area (Å²) >= 11 is 0. The number of unbranched alkanes of at least 4 members (excludes halogenated alkanes) is 6. The number of hydrogen-bond donors (Lipinski definition) is 2. The summed E-state index contributed by atoms with van der Waals surface area (Å²) in [5, 5.41) is 19.0. The van der Waals surface area contributed by atoms with Gasteiger partial charge in [0.1, 0.15) is 5.78 Å². The first kappa shape index (κ1) is 45.3. The second kappa shape index (κ2) is 26.7. The van der Waals surface area contributed by atoms with Crippen LogP contribution < -0.4 is 0 Å². The molecule has 55 heavy (non-hydrogen) atoms. The lowest BCUT2D eigenvalue weighted by molar-refractivity contribution is -0.141. The highest BCUT2D eigenvalue weighted by Gasteiger charge is 2.29. The monoisotopic (exact) mass is 762 g/mol. The molecule has 0 spiro atoms. The van der Waals surface area contributed by atoms with Gasteiger partial charge in [-0.1, -0.05) is 86.3 Å². The van der Waals surface area contributed by atoms with Crippen LogP contribution in [0, 0.1) is 0 Å². The predicted octanol–water partition coefficient (Wildman–Crippen LogP) is 7.87. The Kier molecular flexibility index (Phi) is 22.0. The van der Waals surface area contributed by atoms with Crippen LogP contribution in [-0.2, 0) is 41.6 Å². The van der Waals surface area contributed by atoms with E-state index in [0.29, 0.717) is 51.4 Å². The van der Waals surface area contributed by atoms with Crippen LogP contribution in [0.3, 0.4) is 0 Å². The van der Waals surface area contributed by atoms with Gasteiger partial charge >= 0.3 is 11.9 Å². The van der Waals surface area contributed by atoms with Gasteiger partial charge in [-0.3, -0.25) is 24.0 Å². The number of esters is 1. The maximum atomic E-state index is 12.4. The predicted molar refractivity (Wildman–Crippen MR) is 214 cm³/mol. The average molecular weight is 763 g/mol. The first-order valence-corrected chi connectivity index (χ1v) is 20.8. The number of likely N-dealkylation sites (tertiary alicyclic amines) is 2. The van der Waals surface area contributed by atoms with Gasteiger partial charge in [0.15, 0.2) is 0 Å². The number of aliphatic hydroxyl groups is 1. The fraction of sp³-hybridized carbons (Fsp3) is 0.622. The highest BCUT2D eigenvalue weighted by Crippen LogP contribution is 2.25. The molecule has 2 aliphatic rings. The first-order chi connectivity index (χ1) is 26.7. The molecule has 2 aromatic rings. The molecule has 2 heterocycles. The second-order valence-electron chi connectivity index (χ2n) is 15.2. The summed E-state index contributed by atoms with van der Waals surface area (Å²) in [6, 6.07) is 20.3. The zero-order valence-corrected chi connectivity index (χ0v) is 33.2. The lowest BCUT2D eigenvalue weighted by Crippen LogP contribution is -2.44. The van der Waals surface area contributed by atoms with E-state index in [4.69, 9.17) is 5.11 Å². The van der Waals surface area contributed by atoms with Crippen LogP contribution in [0.4, 0.5) is 0 Å². The minimum absolute atomic E-state index is 0.161. The van der Waals surface area contributed by atoms with Crippen LogP contribution in [0.2, 0.25) is 0 Å². The molecule has 10 nitrogen and oxygen atoms in total. The molecule has 2 amide bonds. The number of carbonyl (C=O) groups excluding carboxylic acids is 4. The Labute approximate surface area is 329 Å². The number of carboxylic acids is 1. The molecule has 2 fully saturated rings. The molecule has 3 unspecified atom stereocenters. The summed E-state index contributed by atoms with van der Waals surface area (Å²) in [4.78, 5) is 62.7. The minimum atomic E-state index is -0.740. The summed E-state index contributed by atoms with van der Waals surface area (Å²) in [6.07, 6.45) is 16.7. The number of benzene rings is 2. The van der Waals surface area contributed by atoms with Crippen molar-refractivity contribution in [3.8, 4) is 0 Å². The molecule has 0 saturated carbocycles. The van der Waals surface area contributed by atoms with Crippen molar-refractivity contribution in [2.24, 2.45) is 0 Å². The first-order valence-electron chi connectivity index (χ1n) is 20.8. The number of aliphatic carboxylic acids is 1. The fourth-order valence-electron chi connectivity index (χ4n) is 7.73. The standard InChI is InChI=1S/C23H33NO4.C22H33NO4/c1-28-23(27)14-7-2-3-8-17-24-20(12-9-13-22(24)26)15-16-21(25)18-19-10-5-4-6-11-19;24-20(17-18-9-4-3-5-10-18)15-14-19-11-8-12-21(25)23(19)16-7-2-1-6-13-22(26)27/h4-6,10-11,20H,2-3,7-9,12-18H2,1H3;3-5,9-10,19-20,24H,1-2,6-8,11-17H2,(H,26,27). The molecule has 0 aromatic heterocycles. The number of rotatable bonds is 24. The number of ether oxygens (including phenoxy) is 1. The van der Waals surface area contributed by atoms with Gasteiger partial charge in [-0.15, -0.1) is 0 Å². The molecule has 2 N–H and O–H groups in total. The molecule has 3 atom stereocenters. The topological polar surface area (TPSA) is 142 Å². The Bertz CT molecular complexity index is 1420. The van der Waals surface area contributed by atoms with E-state index >= 15 is 0 Å². The van der Waals surface area contributed by atoms with E-state index in [1.807, 2.05) is 70.5 Å². The van der Waals surface area contributed by atoms with E-state index in [2.05, 4.69) is 4.74 Å². The van der Waals surface area contributed by atoms with Gasteiger partial charge in [0, 0.05) is 63.7 Å². The van der Waals surface area contributed by atoms with Crippen molar-refractivity contribution in [2.45, 2.75) is 159 Å². The number of ketones is 1.